The fourth-order valence-electron chi connectivity index (χ4n) is 1.98. The van der Waals surface area contributed by atoms with Crippen molar-refractivity contribution in [3.63, 3.8) is 0 Å². The van der Waals surface area contributed by atoms with Gasteiger partial charge in [0.1, 0.15) is 0 Å². The van der Waals surface area contributed by atoms with Crippen molar-refractivity contribution in [3.8, 4) is 0 Å². The van der Waals surface area contributed by atoms with Gasteiger partial charge < -0.3 is 19.4 Å². The van der Waals surface area contributed by atoms with E-state index < -0.39 is 0 Å². The van der Waals surface area contributed by atoms with Crippen molar-refractivity contribution in [2.45, 2.75) is 26.9 Å². The normalized spacial score (nSPS) is 11.1. The summed E-state index contributed by atoms with van der Waals surface area (Å²) in [5.74, 6) is 0. The quantitative estimate of drug-likeness (QED) is 0.699. The van der Waals surface area contributed by atoms with E-state index in [2.05, 4.69) is 29.8 Å². The second-order valence-corrected chi connectivity index (χ2v) is 4.21. The second kappa shape index (κ2) is 7.48. The summed E-state index contributed by atoms with van der Waals surface area (Å²) in [6, 6.07) is 2.24. The summed E-state index contributed by atoms with van der Waals surface area (Å²) in [5.41, 5.74) is 3.97. The van der Waals surface area contributed by atoms with Gasteiger partial charge in [0.05, 0.1) is 13.2 Å². The summed E-state index contributed by atoms with van der Waals surface area (Å²) in [7, 11) is 3.46. The number of hydrogen-bond acceptors (Lipinski definition) is 3. The van der Waals surface area contributed by atoms with Crippen LogP contribution in [0.5, 0.6) is 0 Å². The van der Waals surface area contributed by atoms with Crippen LogP contribution in [0.3, 0.4) is 0 Å². The molecule has 1 aromatic rings. The number of methoxy groups -OCH3 is 2. The van der Waals surface area contributed by atoms with Crippen LogP contribution in [0, 0.1) is 13.8 Å². The smallest absolute Gasteiger partial charge is 0.0641 e. The van der Waals surface area contributed by atoms with Crippen molar-refractivity contribution < 1.29 is 9.47 Å². The summed E-state index contributed by atoms with van der Waals surface area (Å²) in [6.07, 6.45) is 0. The summed E-state index contributed by atoms with van der Waals surface area (Å²) in [6.45, 7) is 8.52. The molecule has 0 saturated heterocycles. The number of ether oxygens (including phenoxy) is 2. The zero-order valence-electron chi connectivity index (χ0n) is 11.4. The molecule has 0 spiro atoms. The van der Waals surface area contributed by atoms with E-state index in [1.165, 1.54) is 17.0 Å². The first-order valence-corrected chi connectivity index (χ1v) is 6.05. The number of nitrogens with zero attached hydrogens (tertiary/aromatic N) is 1. The van der Waals surface area contributed by atoms with E-state index in [9.17, 15) is 0 Å². The molecule has 1 rings (SSSR count). The van der Waals surface area contributed by atoms with Gasteiger partial charge in [-0.3, -0.25) is 0 Å². The lowest BCUT2D eigenvalue weighted by atomic mass is 10.2. The topological polar surface area (TPSA) is 35.4 Å². The highest BCUT2D eigenvalue weighted by molar-refractivity contribution is 5.26. The maximum absolute atomic E-state index is 5.13. The van der Waals surface area contributed by atoms with Crippen LogP contribution in [0.25, 0.3) is 0 Å². The number of nitrogens with one attached hydrogen (secondary N) is 1. The molecule has 1 N–H and O–H groups in total. The molecule has 0 unspecified atom stereocenters. The molecule has 0 saturated carbocycles. The molecule has 0 fully saturated rings. The third-order valence-corrected chi connectivity index (χ3v) is 3.00. The standard InChI is InChI=1S/C13H24N2O2/c1-11-9-13(10-14-5-7-16-3)12(2)15(11)6-8-17-4/h9,14H,5-8,10H2,1-4H3. The monoisotopic (exact) mass is 240 g/mol. The Morgan fingerprint density at radius 2 is 1.88 bits per heavy atom. The first kappa shape index (κ1) is 14.2. The van der Waals surface area contributed by atoms with Crippen molar-refractivity contribution >= 4 is 0 Å². The average molecular weight is 240 g/mol. The van der Waals surface area contributed by atoms with Crippen LogP contribution in [0.15, 0.2) is 6.07 Å². The first-order valence-electron chi connectivity index (χ1n) is 6.05. The van der Waals surface area contributed by atoms with Gasteiger partial charge in [-0.15, -0.1) is 0 Å². The van der Waals surface area contributed by atoms with Crippen LogP contribution in [-0.4, -0.2) is 38.5 Å². The largest absolute Gasteiger partial charge is 0.383 e. The third-order valence-electron chi connectivity index (χ3n) is 3.00. The van der Waals surface area contributed by atoms with Crippen molar-refractivity contribution in [2.75, 3.05) is 34.0 Å². The Bertz CT molecular complexity index is 334. The first-order chi connectivity index (χ1) is 8.20. The van der Waals surface area contributed by atoms with E-state index in [1.807, 2.05) is 0 Å². The maximum Gasteiger partial charge on any atom is 0.0641 e. The second-order valence-electron chi connectivity index (χ2n) is 4.21. The Balaban J connectivity index is 2.55. The Labute approximate surface area is 104 Å². The summed E-state index contributed by atoms with van der Waals surface area (Å²) in [5, 5.41) is 3.37. The third kappa shape index (κ3) is 4.15. The highest BCUT2D eigenvalue weighted by atomic mass is 16.5. The molecule has 4 heteroatoms. The van der Waals surface area contributed by atoms with E-state index >= 15 is 0 Å². The van der Waals surface area contributed by atoms with Gasteiger partial charge in [-0.1, -0.05) is 0 Å². The van der Waals surface area contributed by atoms with Crippen LogP contribution in [0.1, 0.15) is 17.0 Å². The SMILES string of the molecule is COCCNCc1cc(C)n(CCOC)c1C. The Morgan fingerprint density at radius 3 is 2.53 bits per heavy atom. The molecule has 0 atom stereocenters. The van der Waals surface area contributed by atoms with Crippen LogP contribution >= 0.6 is 0 Å². The maximum atomic E-state index is 5.13. The van der Waals surface area contributed by atoms with Crippen molar-refractivity contribution in [2.24, 2.45) is 0 Å². The zero-order chi connectivity index (χ0) is 12.7. The molecule has 98 valence electrons. The van der Waals surface area contributed by atoms with Crippen LogP contribution in [0.2, 0.25) is 0 Å². The fraction of sp³-hybridized carbons (Fsp3) is 0.692. The van der Waals surface area contributed by atoms with Crippen LogP contribution in [0.4, 0.5) is 0 Å². The number of rotatable bonds is 8. The van der Waals surface area contributed by atoms with Crippen molar-refractivity contribution in [3.05, 3.63) is 23.0 Å². The lowest BCUT2D eigenvalue weighted by Gasteiger charge is -2.09. The average Bonchev–Trinajstić information content (AvgIpc) is 2.58. The molecule has 0 aliphatic carbocycles. The van der Waals surface area contributed by atoms with E-state index in [1.54, 1.807) is 14.2 Å². The lowest BCUT2D eigenvalue weighted by Crippen LogP contribution is -2.19. The highest BCUT2D eigenvalue weighted by Gasteiger charge is 2.07. The van der Waals surface area contributed by atoms with Gasteiger partial charge in [0.25, 0.3) is 0 Å². The molecular weight excluding hydrogens is 216 g/mol. The minimum atomic E-state index is 0.752. The van der Waals surface area contributed by atoms with Crippen molar-refractivity contribution in [1.29, 1.82) is 0 Å². The Kier molecular flexibility index (Phi) is 6.26. The van der Waals surface area contributed by atoms with Gasteiger partial charge in [0, 0.05) is 45.2 Å². The van der Waals surface area contributed by atoms with Gasteiger partial charge in [-0.05, 0) is 25.5 Å². The molecule has 0 bridgehead atoms. The highest BCUT2D eigenvalue weighted by Crippen LogP contribution is 2.14. The number of aryl methyl sites for hydroxylation is 1. The molecule has 0 aromatic carbocycles. The van der Waals surface area contributed by atoms with Gasteiger partial charge in [0.2, 0.25) is 0 Å². The molecule has 1 aromatic heterocycles. The molecule has 0 aliphatic rings. The van der Waals surface area contributed by atoms with E-state index in [-0.39, 0.29) is 0 Å². The fourth-order valence-corrected chi connectivity index (χ4v) is 1.98. The van der Waals surface area contributed by atoms with Crippen LogP contribution in [-0.2, 0) is 22.6 Å². The predicted octanol–water partition coefficient (Wildman–Crippen LogP) is 1.49. The van der Waals surface area contributed by atoms with Gasteiger partial charge in [-0.25, -0.2) is 0 Å². The molecule has 0 radical (unpaired) electrons. The summed E-state index contributed by atoms with van der Waals surface area (Å²) in [4.78, 5) is 0. The molecular formula is C13H24N2O2. The molecule has 0 amide bonds. The van der Waals surface area contributed by atoms with E-state index in [0.29, 0.717) is 0 Å². The van der Waals surface area contributed by atoms with Gasteiger partial charge in [-0.2, -0.15) is 0 Å². The molecule has 4 nitrogen and oxygen atoms in total. The van der Waals surface area contributed by atoms with E-state index in [4.69, 9.17) is 9.47 Å². The lowest BCUT2D eigenvalue weighted by molar-refractivity contribution is 0.186. The molecule has 1 heterocycles. The minimum absolute atomic E-state index is 0.752. The van der Waals surface area contributed by atoms with Gasteiger partial charge in [0.15, 0.2) is 0 Å². The molecule has 17 heavy (non-hydrogen) atoms. The summed E-state index contributed by atoms with van der Waals surface area (Å²) >= 11 is 0. The van der Waals surface area contributed by atoms with Crippen LogP contribution < -0.4 is 5.32 Å². The van der Waals surface area contributed by atoms with Gasteiger partial charge >= 0.3 is 0 Å². The minimum Gasteiger partial charge on any atom is -0.383 e. The molecule has 0 aliphatic heterocycles. The Morgan fingerprint density at radius 1 is 1.18 bits per heavy atom. The Hall–Kier alpha value is -0.840. The zero-order valence-corrected chi connectivity index (χ0v) is 11.4. The van der Waals surface area contributed by atoms with Crippen molar-refractivity contribution in [1.82, 2.24) is 9.88 Å². The van der Waals surface area contributed by atoms with E-state index in [0.717, 1.165) is 32.8 Å². The summed E-state index contributed by atoms with van der Waals surface area (Å²) < 4.78 is 12.4. The number of hydrogen-bond donors (Lipinski definition) is 1. The predicted molar refractivity (Wildman–Crippen MR) is 69.4 cm³/mol. The number of aromatic nitrogens is 1.